The molecule has 0 spiro atoms. The van der Waals surface area contributed by atoms with E-state index in [1.807, 2.05) is 51.1 Å². The van der Waals surface area contributed by atoms with Gasteiger partial charge in [0, 0.05) is 31.2 Å². The average molecular weight is 432 g/mol. The molecule has 1 aliphatic heterocycles. The molecule has 3 rings (SSSR count). The number of alkyl carbamates (subject to hydrolysis) is 1. The first kappa shape index (κ1) is 23.4. The molecule has 1 unspecified atom stereocenters. The molecule has 31 heavy (non-hydrogen) atoms. The van der Waals surface area contributed by atoms with Gasteiger partial charge in [-0.1, -0.05) is 43.2 Å². The van der Waals surface area contributed by atoms with Crippen LogP contribution in [0.2, 0.25) is 0 Å². The van der Waals surface area contributed by atoms with Crippen LogP contribution in [0.25, 0.3) is 0 Å². The summed E-state index contributed by atoms with van der Waals surface area (Å²) in [4.78, 5) is 26.6. The highest BCUT2D eigenvalue weighted by atomic mass is 16.6. The number of ether oxygens (including phenoxy) is 2. The lowest BCUT2D eigenvalue weighted by molar-refractivity contribution is 0.0472. The molecular formula is C24H37N3O4. The predicted molar refractivity (Wildman–Crippen MR) is 120 cm³/mol. The van der Waals surface area contributed by atoms with Crippen LogP contribution in [-0.2, 0) is 16.1 Å². The summed E-state index contributed by atoms with van der Waals surface area (Å²) in [7, 11) is 0. The van der Waals surface area contributed by atoms with Gasteiger partial charge in [-0.2, -0.15) is 0 Å². The van der Waals surface area contributed by atoms with Crippen LogP contribution in [0.4, 0.5) is 9.59 Å². The van der Waals surface area contributed by atoms with Crippen molar-refractivity contribution in [1.82, 2.24) is 15.5 Å². The lowest BCUT2D eigenvalue weighted by atomic mass is 9.89. The highest BCUT2D eigenvalue weighted by Crippen LogP contribution is 2.22. The summed E-state index contributed by atoms with van der Waals surface area (Å²) in [5.74, 6) is 0. The van der Waals surface area contributed by atoms with Gasteiger partial charge in [-0.15, -0.1) is 0 Å². The molecule has 172 valence electrons. The minimum Gasteiger partial charge on any atom is -0.445 e. The maximum atomic E-state index is 12.6. The largest absolute Gasteiger partial charge is 0.445 e. The Morgan fingerprint density at radius 3 is 2.45 bits per heavy atom. The van der Waals surface area contributed by atoms with E-state index in [0.29, 0.717) is 13.2 Å². The van der Waals surface area contributed by atoms with Gasteiger partial charge in [0.05, 0.1) is 0 Å². The van der Waals surface area contributed by atoms with Gasteiger partial charge in [-0.25, -0.2) is 9.59 Å². The number of piperidine rings is 1. The minimum absolute atomic E-state index is 0.0454. The molecule has 2 N–H and O–H groups in total. The van der Waals surface area contributed by atoms with Crippen molar-refractivity contribution in [2.45, 2.75) is 89.6 Å². The van der Waals surface area contributed by atoms with E-state index in [4.69, 9.17) is 9.47 Å². The smallest absolute Gasteiger partial charge is 0.410 e. The quantitative estimate of drug-likeness (QED) is 0.730. The third-order valence-corrected chi connectivity index (χ3v) is 5.80. The summed E-state index contributed by atoms with van der Waals surface area (Å²) in [6, 6.07) is 10.2. The fourth-order valence-electron chi connectivity index (χ4n) is 4.35. The number of rotatable bonds is 5. The van der Waals surface area contributed by atoms with Crippen LogP contribution < -0.4 is 10.6 Å². The molecule has 1 aliphatic carbocycles. The van der Waals surface area contributed by atoms with Crippen molar-refractivity contribution in [2.24, 2.45) is 0 Å². The molecule has 1 heterocycles. The van der Waals surface area contributed by atoms with Crippen LogP contribution in [0.5, 0.6) is 0 Å². The van der Waals surface area contributed by atoms with Crippen LogP contribution in [0.3, 0.4) is 0 Å². The minimum atomic E-state index is -0.508. The maximum Gasteiger partial charge on any atom is 0.410 e. The van der Waals surface area contributed by atoms with E-state index in [0.717, 1.165) is 50.6 Å². The molecule has 1 aromatic carbocycles. The van der Waals surface area contributed by atoms with Crippen molar-refractivity contribution in [3.63, 3.8) is 0 Å². The molecule has 2 fully saturated rings. The molecule has 0 radical (unpaired) electrons. The Balaban J connectivity index is 1.49. The molecule has 1 saturated heterocycles. The lowest BCUT2D eigenvalue weighted by Gasteiger charge is -2.39. The standard InChI is InChI=1S/C24H37N3O4/c1-24(2,3)31-22(28)26-21-14-8-7-13-20(21)25-19-12-9-15-27(16-19)23(29)30-17-18-10-5-4-6-11-18/h4-6,10-11,19-21,25H,7-9,12-17H2,1-3H3,(H,26,28)/t19?,20-,21-/m1/s1. The molecule has 1 aromatic rings. The fraction of sp³-hybridized carbons (Fsp3) is 0.667. The van der Waals surface area contributed by atoms with Crippen molar-refractivity contribution >= 4 is 12.2 Å². The Bertz CT molecular complexity index is 719. The normalized spacial score (nSPS) is 24.4. The van der Waals surface area contributed by atoms with E-state index in [9.17, 15) is 9.59 Å². The van der Waals surface area contributed by atoms with E-state index in [1.165, 1.54) is 0 Å². The third kappa shape index (κ3) is 7.73. The Labute approximate surface area is 185 Å². The van der Waals surface area contributed by atoms with Gasteiger partial charge in [0.1, 0.15) is 12.2 Å². The number of likely N-dealkylation sites (tertiary alicyclic amines) is 1. The molecule has 1 saturated carbocycles. The lowest BCUT2D eigenvalue weighted by Crippen LogP contribution is -2.58. The highest BCUT2D eigenvalue weighted by Gasteiger charge is 2.32. The zero-order chi connectivity index (χ0) is 22.3. The van der Waals surface area contributed by atoms with Crippen LogP contribution in [0, 0.1) is 0 Å². The third-order valence-electron chi connectivity index (χ3n) is 5.80. The van der Waals surface area contributed by atoms with Gasteiger partial charge in [-0.05, 0) is 52.0 Å². The van der Waals surface area contributed by atoms with Crippen molar-refractivity contribution in [3.05, 3.63) is 35.9 Å². The summed E-state index contributed by atoms with van der Waals surface area (Å²) in [5, 5.41) is 6.77. The molecule has 0 aromatic heterocycles. The van der Waals surface area contributed by atoms with E-state index in [-0.39, 0.29) is 30.3 Å². The fourth-order valence-corrected chi connectivity index (χ4v) is 4.35. The second-order valence-corrected chi connectivity index (χ2v) is 9.64. The summed E-state index contributed by atoms with van der Waals surface area (Å²) in [5.41, 5.74) is 0.479. The number of nitrogens with zero attached hydrogens (tertiary/aromatic N) is 1. The first-order chi connectivity index (χ1) is 14.8. The first-order valence-corrected chi connectivity index (χ1v) is 11.5. The predicted octanol–water partition coefficient (Wildman–Crippen LogP) is 4.21. The first-order valence-electron chi connectivity index (χ1n) is 11.5. The summed E-state index contributed by atoms with van der Waals surface area (Å²) >= 11 is 0. The Kier molecular flexibility index (Phi) is 8.18. The topological polar surface area (TPSA) is 79.9 Å². The van der Waals surface area contributed by atoms with E-state index < -0.39 is 5.60 Å². The van der Waals surface area contributed by atoms with Crippen LogP contribution in [0.15, 0.2) is 30.3 Å². The van der Waals surface area contributed by atoms with Crippen molar-refractivity contribution in [3.8, 4) is 0 Å². The van der Waals surface area contributed by atoms with Crippen molar-refractivity contribution in [2.75, 3.05) is 13.1 Å². The summed E-state index contributed by atoms with van der Waals surface area (Å²) < 4.78 is 11.0. The van der Waals surface area contributed by atoms with E-state index >= 15 is 0 Å². The second kappa shape index (κ2) is 10.8. The SMILES string of the molecule is CC(C)(C)OC(=O)N[C@@H]1CCCC[C@H]1NC1CCCN(C(=O)OCc2ccccc2)C1. The van der Waals surface area contributed by atoms with Crippen LogP contribution >= 0.6 is 0 Å². The second-order valence-electron chi connectivity index (χ2n) is 9.64. The summed E-state index contributed by atoms with van der Waals surface area (Å²) in [6.07, 6.45) is 5.51. The van der Waals surface area contributed by atoms with Gasteiger partial charge in [0.15, 0.2) is 0 Å². The van der Waals surface area contributed by atoms with Crippen LogP contribution in [-0.4, -0.2) is 53.9 Å². The molecule has 7 heteroatoms. The molecule has 2 amide bonds. The molecular weight excluding hydrogens is 394 g/mol. The number of hydrogen-bond acceptors (Lipinski definition) is 5. The zero-order valence-corrected chi connectivity index (χ0v) is 19.1. The Morgan fingerprint density at radius 2 is 1.74 bits per heavy atom. The highest BCUT2D eigenvalue weighted by molar-refractivity contribution is 5.68. The van der Waals surface area contributed by atoms with Gasteiger partial charge in [-0.3, -0.25) is 0 Å². The number of benzene rings is 1. The van der Waals surface area contributed by atoms with E-state index in [2.05, 4.69) is 10.6 Å². The zero-order valence-electron chi connectivity index (χ0n) is 19.1. The van der Waals surface area contributed by atoms with Gasteiger partial charge >= 0.3 is 12.2 Å². The maximum absolute atomic E-state index is 12.6. The van der Waals surface area contributed by atoms with Gasteiger partial charge < -0.3 is 25.0 Å². The molecule has 0 bridgehead atoms. The van der Waals surface area contributed by atoms with E-state index in [1.54, 1.807) is 4.90 Å². The molecule has 3 atom stereocenters. The Hall–Kier alpha value is -2.28. The number of hydrogen-bond donors (Lipinski definition) is 2. The Morgan fingerprint density at radius 1 is 1.03 bits per heavy atom. The number of nitrogens with one attached hydrogen (secondary N) is 2. The van der Waals surface area contributed by atoms with Gasteiger partial charge in [0.2, 0.25) is 0 Å². The number of carbonyl (C=O) groups excluding carboxylic acids is 2. The average Bonchev–Trinajstić information content (AvgIpc) is 2.73. The summed E-state index contributed by atoms with van der Waals surface area (Å²) in [6.45, 7) is 7.25. The van der Waals surface area contributed by atoms with Crippen LogP contribution in [0.1, 0.15) is 64.9 Å². The number of amides is 2. The number of carbonyl (C=O) groups is 2. The monoisotopic (exact) mass is 431 g/mol. The molecule has 2 aliphatic rings. The van der Waals surface area contributed by atoms with Crippen molar-refractivity contribution in [1.29, 1.82) is 0 Å². The van der Waals surface area contributed by atoms with Crippen molar-refractivity contribution < 1.29 is 19.1 Å². The molecule has 7 nitrogen and oxygen atoms in total. The van der Waals surface area contributed by atoms with Gasteiger partial charge in [0.25, 0.3) is 0 Å².